The fourth-order valence-corrected chi connectivity index (χ4v) is 1.87. The predicted octanol–water partition coefficient (Wildman–Crippen LogP) is -3.33. The average Bonchev–Trinajstić information content (AvgIpc) is 2.17. The van der Waals surface area contributed by atoms with E-state index in [-0.39, 0.29) is 62.7 Å². The summed E-state index contributed by atoms with van der Waals surface area (Å²) in [5.74, 6) is -0.903. The van der Waals surface area contributed by atoms with Gasteiger partial charge in [0, 0.05) is 5.56 Å². The molecule has 0 saturated carbocycles. The van der Waals surface area contributed by atoms with Gasteiger partial charge >= 0.3 is 51.4 Å². The molecule has 0 radical (unpaired) electrons. The molecule has 0 fully saturated rings. The summed E-state index contributed by atoms with van der Waals surface area (Å²) < 4.78 is 32.3. The molecule has 0 aromatic heterocycles. The zero-order chi connectivity index (χ0) is 12.3. The molecular weight excluding hydrogens is 273 g/mol. The van der Waals surface area contributed by atoms with Crippen LogP contribution in [0.5, 0.6) is 5.75 Å². The van der Waals surface area contributed by atoms with Crippen molar-refractivity contribution in [2.24, 2.45) is 0 Å². The van der Waals surface area contributed by atoms with Gasteiger partial charge in [-0.1, -0.05) is 0 Å². The Kier molecular flexibility index (Phi) is 7.03. The Morgan fingerprint density at radius 3 is 2.18 bits per heavy atom. The van der Waals surface area contributed by atoms with E-state index in [1.54, 1.807) is 0 Å². The van der Waals surface area contributed by atoms with E-state index in [9.17, 15) is 17.8 Å². The van der Waals surface area contributed by atoms with Gasteiger partial charge < -0.3 is 9.66 Å². The number of hydrogen-bond acceptors (Lipinski definition) is 6. The molecule has 0 heterocycles. The number of aromatic hydroxyl groups is 1. The van der Waals surface area contributed by atoms with Gasteiger partial charge in [0.05, 0.1) is 0 Å². The van der Waals surface area contributed by atoms with Gasteiger partial charge in [0.15, 0.2) is 11.2 Å². The molecule has 8 heteroatoms. The summed E-state index contributed by atoms with van der Waals surface area (Å²) >= 11 is 0. The van der Waals surface area contributed by atoms with Gasteiger partial charge in [-0.2, -0.15) is 0 Å². The number of rotatable bonds is 4. The van der Waals surface area contributed by atoms with Gasteiger partial charge in [-0.25, -0.2) is 8.42 Å². The van der Waals surface area contributed by atoms with Crippen molar-refractivity contribution in [3.63, 3.8) is 0 Å². The fraction of sp³-hybridized carbons (Fsp3) is 0.222. The van der Waals surface area contributed by atoms with Crippen molar-refractivity contribution >= 4 is 15.9 Å². The van der Waals surface area contributed by atoms with Crippen molar-refractivity contribution < 1.29 is 74.3 Å². The number of carbonyl (C=O) groups excluding carboxylic acids is 1. The summed E-state index contributed by atoms with van der Waals surface area (Å²) in [5, 5.41) is 9.32. The van der Waals surface area contributed by atoms with Gasteiger partial charge in [-0.15, -0.1) is 0 Å². The third-order valence-electron chi connectivity index (χ3n) is 1.94. The molecule has 0 bridgehead atoms. The second-order valence-electron chi connectivity index (χ2n) is 3.07. The molecule has 0 aliphatic heterocycles. The first-order valence-corrected chi connectivity index (χ1v) is 5.78. The molecule has 1 aromatic carbocycles. The summed E-state index contributed by atoms with van der Waals surface area (Å²) in [5.41, 5.74) is 0.0385. The number of Topliss-reactive ketones (excluding diaryl/α,β-unsaturated/α-hetero) is 1. The van der Waals surface area contributed by atoms with Crippen LogP contribution in [0.1, 0.15) is 10.4 Å². The van der Waals surface area contributed by atoms with Gasteiger partial charge in [0.25, 0.3) is 0 Å². The zero-order valence-corrected chi connectivity index (χ0v) is 13.3. The number of likely N-dealkylation sites (N-methyl/N-ethyl adjacent to an activating group) is 1. The van der Waals surface area contributed by atoms with Crippen LogP contribution in [0, 0.1) is 0 Å². The van der Waals surface area contributed by atoms with E-state index in [0.29, 0.717) is 0 Å². The second kappa shape index (κ2) is 6.95. The maximum Gasteiger partial charge on any atom is 1.00 e. The van der Waals surface area contributed by atoms with Crippen LogP contribution in [-0.4, -0.2) is 36.3 Å². The Morgan fingerprint density at radius 1 is 1.35 bits per heavy atom. The predicted molar refractivity (Wildman–Crippen MR) is 55.0 cm³/mol. The number of carbonyl (C=O) groups is 1. The van der Waals surface area contributed by atoms with E-state index in [2.05, 4.69) is 5.32 Å². The Bertz CT molecular complexity index is 485. The molecule has 17 heavy (non-hydrogen) atoms. The van der Waals surface area contributed by atoms with Crippen molar-refractivity contribution in [2.75, 3.05) is 7.05 Å². The van der Waals surface area contributed by atoms with Crippen LogP contribution < -0.4 is 56.7 Å². The molecule has 1 rings (SSSR count). The maximum absolute atomic E-state index is 11.6. The van der Waals surface area contributed by atoms with Crippen molar-refractivity contribution in [1.82, 2.24) is 5.32 Å². The van der Waals surface area contributed by atoms with E-state index in [4.69, 9.17) is 5.11 Å². The second-order valence-corrected chi connectivity index (χ2v) is 4.53. The third-order valence-corrected chi connectivity index (χ3v) is 2.97. The summed E-state index contributed by atoms with van der Waals surface area (Å²) in [6.45, 7) is 0. The zero-order valence-electron chi connectivity index (χ0n) is 9.38. The largest absolute Gasteiger partial charge is 1.00 e. The minimum atomic E-state index is -4.75. The van der Waals surface area contributed by atoms with E-state index < -0.39 is 21.3 Å². The van der Waals surface area contributed by atoms with Crippen molar-refractivity contribution in [2.45, 2.75) is 5.37 Å². The number of ketones is 1. The van der Waals surface area contributed by atoms with Crippen molar-refractivity contribution in [1.29, 1.82) is 0 Å². The number of benzene rings is 1. The Balaban J connectivity index is 0.00000256. The number of phenolic OH excluding ortho intramolecular Hbond substituents is 1. The minimum absolute atomic E-state index is 0. The van der Waals surface area contributed by atoms with Crippen molar-refractivity contribution in [3.05, 3.63) is 29.8 Å². The van der Waals surface area contributed by atoms with E-state index in [1.165, 1.54) is 31.3 Å². The summed E-state index contributed by atoms with van der Waals surface area (Å²) in [7, 11) is -3.54. The number of hydrogen-bond donors (Lipinski definition) is 2. The molecule has 0 saturated heterocycles. The molecule has 6 nitrogen and oxygen atoms in total. The Morgan fingerprint density at radius 2 is 1.82 bits per heavy atom. The van der Waals surface area contributed by atoms with Gasteiger partial charge in [-0.3, -0.25) is 10.1 Å². The first kappa shape index (κ1) is 17.2. The average molecular weight is 283 g/mol. The Labute approximate surface area is 142 Å². The van der Waals surface area contributed by atoms with Crippen LogP contribution in [0.3, 0.4) is 0 Å². The van der Waals surface area contributed by atoms with Crippen LogP contribution in [0.2, 0.25) is 0 Å². The molecule has 0 spiro atoms. The van der Waals surface area contributed by atoms with Gasteiger partial charge in [0.1, 0.15) is 15.9 Å². The van der Waals surface area contributed by atoms with Gasteiger partial charge in [0.2, 0.25) is 0 Å². The maximum atomic E-state index is 11.6. The summed E-state index contributed by atoms with van der Waals surface area (Å²) in [4.78, 5) is 11.6. The van der Waals surface area contributed by atoms with Gasteiger partial charge in [-0.05, 0) is 31.3 Å². The van der Waals surface area contributed by atoms with E-state index in [0.717, 1.165) is 0 Å². The quantitative estimate of drug-likeness (QED) is 0.340. The molecule has 1 atom stereocenters. The standard InChI is InChI=1S/C9H11NO5S.K/c1-10-9(16(13,14)15)8(12)6-2-4-7(11)5-3-6;/h2-5,9-11H,1H3,(H,13,14,15);/q;+1/p-1. The molecule has 88 valence electrons. The number of nitrogens with one attached hydrogen (secondary N) is 1. The third kappa shape index (κ3) is 4.76. The molecule has 0 aliphatic carbocycles. The smallest absolute Gasteiger partial charge is 0.746 e. The number of phenols is 1. The van der Waals surface area contributed by atoms with Crippen LogP contribution >= 0.6 is 0 Å². The van der Waals surface area contributed by atoms with Crippen LogP contribution in [0.4, 0.5) is 0 Å². The molecular formula is C9H10KNO5S. The SMILES string of the molecule is CNC(C(=O)c1ccc(O)cc1)S(=O)(=O)[O-].[K+]. The molecule has 1 unspecified atom stereocenters. The topological polar surface area (TPSA) is 107 Å². The first-order valence-electron chi connectivity index (χ1n) is 4.31. The van der Waals surface area contributed by atoms with Crippen LogP contribution in [0.15, 0.2) is 24.3 Å². The fourth-order valence-electron chi connectivity index (χ4n) is 1.18. The summed E-state index contributed by atoms with van der Waals surface area (Å²) in [6.07, 6.45) is 0. The molecule has 1 aromatic rings. The first-order chi connectivity index (χ1) is 7.36. The molecule has 2 N–H and O–H groups in total. The molecule has 0 aliphatic rings. The van der Waals surface area contributed by atoms with Crippen LogP contribution in [0.25, 0.3) is 0 Å². The molecule has 0 amide bonds. The Hall–Kier alpha value is 0.196. The monoisotopic (exact) mass is 283 g/mol. The summed E-state index contributed by atoms with van der Waals surface area (Å²) in [6, 6.07) is 4.95. The van der Waals surface area contributed by atoms with E-state index in [1.807, 2.05) is 0 Å². The van der Waals surface area contributed by atoms with Crippen molar-refractivity contribution in [3.8, 4) is 5.75 Å². The van der Waals surface area contributed by atoms with Crippen LogP contribution in [-0.2, 0) is 10.1 Å². The van der Waals surface area contributed by atoms with E-state index >= 15 is 0 Å². The normalized spacial score (nSPS) is 12.6. The minimum Gasteiger partial charge on any atom is -0.746 e.